The van der Waals surface area contributed by atoms with Crippen molar-refractivity contribution >= 4 is 16.0 Å². The molecular formula is C6H9N3O4S. The van der Waals surface area contributed by atoms with Crippen molar-refractivity contribution in [3.63, 3.8) is 0 Å². The van der Waals surface area contributed by atoms with Gasteiger partial charge in [-0.15, -0.1) is 0 Å². The molecule has 0 saturated carbocycles. The van der Waals surface area contributed by atoms with Gasteiger partial charge in [0.25, 0.3) is 0 Å². The zero-order chi connectivity index (χ0) is 10.9. The molecule has 0 radical (unpaired) electrons. The minimum atomic E-state index is -3.97. The molecule has 1 heterocycles. The SMILES string of the molecule is COC(=O)c1n[nH]c(C)c1S(N)(=O)=O. The van der Waals surface area contributed by atoms with Gasteiger partial charge in [0, 0.05) is 0 Å². The molecule has 8 heteroatoms. The summed E-state index contributed by atoms with van der Waals surface area (Å²) in [5.41, 5.74) is -0.125. The van der Waals surface area contributed by atoms with E-state index in [1.54, 1.807) is 0 Å². The van der Waals surface area contributed by atoms with E-state index in [9.17, 15) is 13.2 Å². The van der Waals surface area contributed by atoms with Gasteiger partial charge in [0.1, 0.15) is 4.90 Å². The Morgan fingerprint density at radius 1 is 1.57 bits per heavy atom. The molecule has 0 amide bonds. The van der Waals surface area contributed by atoms with Crippen LogP contribution in [0.4, 0.5) is 0 Å². The number of carbonyl (C=O) groups excluding carboxylic acids is 1. The van der Waals surface area contributed by atoms with Gasteiger partial charge in [-0.2, -0.15) is 5.10 Å². The lowest BCUT2D eigenvalue weighted by atomic mass is 10.4. The molecule has 0 atom stereocenters. The van der Waals surface area contributed by atoms with Gasteiger partial charge in [-0.1, -0.05) is 0 Å². The molecule has 78 valence electrons. The number of H-pyrrole nitrogens is 1. The number of rotatable bonds is 2. The molecule has 3 N–H and O–H groups in total. The number of esters is 1. The van der Waals surface area contributed by atoms with E-state index in [0.717, 1.165) is 7.11 Å². The van der Waals surface area contributed by atoms with E-state index in [1.807, 2.05) is 0 Å². The largest absolute Gasteiger partial charge is 0.464 e. The fourth-order valence-electron chi connectivity index (χ4n) is 1.00. The normalized spacial score (nSPS) is 11.4. The topological polar surface area (TPSA) is 115 Å². The minimum Gasteiger partial charge on any atom is -0.464 e. The Morgan fingerprint density at radius 2 is 2.14 bits per heavy atom. The van der Waals surface area contributed by atoms with Gasteiger partial charge in [0.2, 0.25) is 10.0 Å². The lowest BCUT2D eigenvalue weighted by molar-refractivity contribution is 0.0589. The number of nitrogens with two attached hydrogens (primary N) is 1. The van der Waals surface area contributed by atoms with Gasteiger partial charge >= 0.3 is 5.97 Å². The van der Waals surface area contributed by atoms with Gasteiger partial charge < -0.3 is 4.74 Å². The first kappa shape index (κ1) is 10.7. The summed E-state index contributed by atoms with van der Waals surface area (Å²) in [5.74, 6) is -0.849. The zero-order valence-corrected chi connectivity index (χ0v) is 8.38. The average Bonchev–Trinajstić information content (AvgIpc) is 2.44. The maximum absolute atomic E-state index is 11.1. The van der Waals surface area contributed by atoms with E-state index in [-0.39, 0.29) is 16.3 Å². The standard InChI is InChI=1S/C6H9N3O4S/c1-3-5(14(7,11)12)4(9-8-3)6(10)13-2/h1-2H3,(H,8,9)(H2,7,11,12). The van der Waals surface area contributed by atoms with Crippen molar-refractivity contribution in [3.8, 4) is 0 Å². The number of ether oxygens (including phenoxy) is 1. The van der Waals surface area contributed by atoms with Gasteiger partial charge in [-0.05, 0) is 6.92 Å². The van der Waals surface area contributed by atoms with Crippen LogP contribution in [0.15, 0.2) is 4.90 Å². The van der Waals surface area contributed by atoms with Crippen molar-refractivity contribution in [1.82, 2.24) is 10.2 Å². The summed E-state index contributed by atoms with van der Waals surface area (Å²) in [7, 11) is -2.85. The van der Waals surface area contributed by atoms with Gasteiger partial charge in [-0.25, -0.2) is 18.4 Å². The monoisotopic (exact) mass is 219 g/mol. The molecule has 0 unspecified atom stereocenters. The van der Waals surface area contributed by atoms with Crippen LogP contribution in [0, 0.1) is 6.92 Å². The number of nitrogens with one attached hydrogen (secondary N) is 1. The highest BCUT2D eigenvalue weighted by atomic mass is 32.2. The molecule has 1 rings (SSSR count). The van der Waals surface area contributed by atoms with Crippen LogP contribution in [0.1, 0.15) is 16.2 Å². The number of aromatic nitrogens is 2. The van der Waals surface area contributed by atoms with Crippen LogP contribution in [0.2, 0.25) is 0 Å². The smallest absolute Gasteiger partial charge is 0.360 e. The van der Waals surface area contributed by atoms with Crippen LogP contribution in [0.5, 0.6) is 0 Å². The van der Waals surface area contributed by atoms with E-state index >= 15 is 0 Å². The summed E-state index contributed by atoms with van der Waals surface area (Å²) in [6, 6.07) is 0. The second kappa shape index (κ2) is 3.39. The third kappa shape index (κ3) is 1.75. The van der Waals surface area contributed by atoms with E-state index in [1.165, 1.54) is 6.92 Å². The first-order valence-electron chi connectivity index (χ1n) is 3.54. The van der Waals surface area contributed by atoms with E-state index in [0.29, 0.717) is 0 Å². The molecular weight excluding hydrogens is 210 g/mol. The van der Waals surface area contributed by atoms with Crippen molar-refractivity contribution < 1.29 is 17.9 Å². The quantitative estimate of drug-likeness (QED) is 0.629. The van der Waals surface area contributed by atoms with Crippen LogP contribution >= 0.6 is 0 Å². The van der Waals surface area contributed by atoms with Crippen molar-refractivity contribution in [3.05, 3.63) is 11.4 Å². The Balaban J connectivity index is 3.42. The summed E-state index contributed by atoms with van der Waals surface area (Å²) in [6.45, 7) is 1.44. The van der Waals surface area contributed by atoms with Crippen molar-refractivity contribution in [2.75, 3.05) is 7.11 Å². The maximum Gasteiger partial charge on any atom is 0.360 e. The van der Waals surface area contributed by atoms with Crippen LogP contribution in [-0.4, -0.2) is 31.7 Å². The number of nitrogens with zero attached hydrogens (tertiary/aromatic N) is 1. The molecule has 0 aliphatic heterocycles. The highest BCUT2D eigenvalue weighted by Crippen LogP contribution is 2.16. The summed E-state index contributed by atoms with van der Waals surface area (Å²) in [5, 5.41) is 10.7. The van der Waals surface area contributed by atoms with E-state index in [2.05, 4.69) is 14.9 Å². The molecule has 1 aromatic rings. The Labute approximate surface area is 80.3 Å². The Kier molecular flexibility index (Phi) is 2.58. The third-order valence-corrected chi connectivity index (χ3v) is 2.62. The van der Waals surface area contributed by atoms with Gasteiger partial charge in [0.05, 0.1) is 12.8 Å². The number of primary sulfonamides is 1. The summed E-state index contributed by atoms with van der Waals surface area (Å²) in [6.07, 6.45) is 0. The molecule has 0 saturated heterocycles. The molecule has 0 aromatic carbocycles. The van der Waals surface area contributed by atoms with Crippen LogP contribution in [-0.2, 0) is 14.8 Å². The number of methoxy groups -OCH3 is 1. The van der Waals surface area contributed by atoms with Crippen molar-refractivity contribution in [2.24, 2.45) is 5.14 Å². The number of aryl methyl sites for hydroxylation is 1. The second-order valence-corrected chi connectivity index (χ2v) is 4.06. The maximum atomic E-state index is 11.1. The number of aromatic amines is 1. The van der Waals surface area contributed by atoms with Gasteiger partial charge in [0.15, 0.2) is 5.69 Å². The Bertz CT molecular complexity index is 461. The molecule has 0 aliphatic rings. The lowest BCUT2D eigenvalue weighted by Crippen LogP contribution is -2.17. The lowest BCUT2D eigenvalue weighted by Gasteiger charge is -1.98. The van der Waals surface area contributed by atoms with Gasteiger partial charge in [-0.3, -0.25) is 5.10 Å². The van der Waals surface area contributed by atoms with Crippen LogP contribution < -0.4 is 5.14 Å². The predicted molar refractivity (Wildman–Crippen MR) is 46.0 cm³/mol. The molecule has 7 nitrogen and oxygen atoms in total. The summed E-state index contributed by atoms with van der Waals surface area (Å²) in [4.78, 5) is 10.7. The second-order valence-electron chi connectivity index (χ2n) is 2.56. The highest BCUT2D eigenvalue weighted by molar-refractivity contribution is 7.89. The summed E-state index contributed by atoms with van der Waals surface area (Å²) >= 11 is 0. The Hall–Kier alpha value is -1.41. The molecule has 14 heavy (non-hydrogen) atoms. The first-order chi connectivity index (χ1) is 6.38. The van der Waals surface area contributed by atoms with E-state index in [4.69, 9.17) is 5.14 Å². The first-order valence-corrected chi connectivity index (χ1v) is 5.08. The molecule has 0 spiro atoms. The fraction of sp³-hybridized carbons (Fsp3) is 0.333. The fourth-order valence-corrected chi connectivity index (χ4v) is 1.87. The summed E-state index contributed by atoms with van der Waals surface area (Å²) < 4.78 is 26.5. The minimum absolute atomic E-state index is 0.202. The predicted octanol–water partition coefficient (Wildman–Crippen LogP) is -0.848. The Morgan fingerprint density at radius 3 is 2.57 bits per heavy atom. The van der Waals surface area contributed by atoms with Crippen molar-refractivity contribution in [2.45, 2.75) is 11.8 Å². The number of hydrogen-bond acceptors (Lipinski definition) is 5. The number of sulfonamides is 1. The molecule has 0 aliphatic carbocycles. The number of hydrogen-bond donors (Lipinski definition) is 2. The van der Waals surface area contributed by atoms with Crippen LogP contribution in [0.25, 0.3) is 0 Å². The van der Waals surface area contributed by atoms with Crippen LogP contribution in [0.3, 0.4) is 0 Å². The number of carbonyl (C=O) groups is 1. The third-order valence-electron chi connectivity index (χ3n) is 1.55. The molecule has 0 fully saturated rings. The highest BCUT2D eigenvalue weighted by Gasteiger charge is 2.25. The van der Waals surface area contributed by atoms with Crippen molar-refractivity contribution in [1.29, 1.82) is 0 Å². The van der Waals surface area contributed by atoms with E-state index < -0.39 is 16.0 Å². The molecule has 1 aromatic heterocycles. The zero-order valence-electron chi connectivity index (χ0n) is 7.57. The average molecular weight is 219 g/mol. The molecule has 0 bridgehead atoms.